The highest BCUT2D eigenvalue weighted by Gasteiger charge is 2.65. The lowest BCUT2D eigenvalue weighted by Crippen LogP contribution is -2.74. The highest BCUT2D eigenvalue weighted by Crippen LogP contribution is 2.54. The first-order valence-electron chi connectivity index (χ1n) is 29.0. The van der Waals surface area contributed by atoms with Crippen molar-refractivity contribution in [2.45, 2.75) is 297 Å². The zero-order valence-electron chi connectivity index (χ0n) is 46.3. The number of aliphatic hydroxyl groups is 4. The Morgan fingerprint density at radius 1 is 0.773 bits per heavy atom. The van der Waals surface area contributed by atoms with Crippen LogP contribution in [0.5, 0.6) is 0 Å². The molecular formula is C59H92O16. The summed E-state index contributed by atoms with van der Waals surface area (Å²) in [6.45, 7) is 23.1. The van der Waals surface area contributed by atoms with Crippen LogP contribution in [0.2, 0.25) is 0 Å². The van der Waals surface area contributed by atoms with Crippen LogP contribution in [-0.2, 0) is 52.2 Å². The van der Waals surface area contributed by atoms with E-state index in [1.807, 2.05) is 20.8 Å². The van der Waals surface area contributed by atoms with Gasteiger partial charge in [0.25, 0.3) is 0 Å². The molecule has 0 amide bonds. The zero-order valence-corrected chi connectivity index (χ0v) is 46.3. The molecule has 0 aliphatic carbocycles. The number of fused-ring (bicyclic) bond motifs is 8. The molecule has 5 N–H and O–H groups in total. The van der Waals surface area contributed by atoms with E-state index in [1.54, 1.807) is 0 Å². The van der Waals surface area contributed by atoms with Gasteiger partial charge in [0.2, 0.25) is 0 Å². The van der Waals surface area contributed by atoms with E-state index in [0.717, 1.165) is 17.6 Å². The van der Waals surface area contributed by atoms with Crippen LogP contribution in [0.15, 0.2) is 36.0 Å². The van der Waals surface area contributed by atoms with Crippen LogP contribution < -0.4 is 0 Å². The highest BCUT2D eigenvalue weighted by molar-refractivity contribution is 5.67. The number of aliphatic carboxylic acids is 1. The van der Waals surface area contributed by atoms with Crippen LogP contribution in [0.1, 0.15) is 159 Å². The Bertz CT molecular complexity index is 2100. The van der Waals surface area contributed by atoms with Crippen LogP contribution in [0.25, 0.3) is 0 Å². The standard InChI is InChI=1S/C59H92O16/c1-30(18-31(2)28-60)19-42-33(4)21-48-56(7,74-42)27-46-54(71-48)55(65)59(10)50(69-46)26-45-53(75-59)32(3)12-11-13-40-39(67-45)16-17-47-57(8,72-40)29-58(9)49(70-47)25-44-41(73-58)15-14-38(62)43(68-44)24-36(61)23-37-20-34(5)52(66-37)35(6)22-51(63)64/h11-12,18,31-32,34-50,52-55,60-62,65H,4,13-17,19-29H2,1-3,5-10H3,(H,63,64)/b12-11-,30-18+/t31?,32-,34-,35?,36?,37+,38-,39-,40+,41-,42+,43-,44+,45+,46+,47+,48+,49-,50-,52+,53-,54+,55-,56-,57-,58+,59-/m0/s1. The van der Waals surface area contributed by atoms with Crippen LogP contribution in [0.4, 0.5) is 0 Å². The second-order valence-corrected chi connectivity index (χ2v) is 26.3. The molecule has 27 atom stereocenters. The fourth-order valence-corrected chi connectivity index (χ4v) is 15.8. The number of hydrogen-bond acceptors (Lipinski definition) is 15. The minimum absolute atomic E-state index is 0.0214. The summed E-state index contributed by atoms with van der Waals surface area (Å²) in [5.74, 6) is -0.742. The molecule has 10 aliphatic heterocycles. The van der Waals surface area contributed by atoms with Gasteiger partial charge in [-0.3, -0.25) is 4.79 Å². The lowest BCUT2D eigenvalue weighted by Gasteiger charge is -2.61. The van der Waals surface area contributed by atoms with E-state index in [1.165, 1.54) is 0 Å². The van der Waals surface area contributed by atoms with Crippen molar-refractivity contribution in [3.63, 3.8) is 0 Å². The molecule has 16 nitrogen and oxygen atoms in total. The Labute approximate surface area is 445 Å². The third-order valence-corrected chi connectivity index (χ3v) is 19.8. The molecule has 16 heteroatoms. The van der Waals surface area contributed by atoms with Gasteiger partial charge in [-0.1, -0.05) is 58.1 Å². The predicted octanol–water partition coefficient (Wildman–Crippen LogP) is 6.84. The largest absolute Gasteiger partial charge is 0.481 e. The van der Waals surface area contributed by atoms with Gasteiger partial charge in [0.05, 0.1) is 127 Å². The first-order chi connectivity index (χ1) is 35.5. The summed E-state index contributed by atoms with van der Waals surface area (Å²) in [5, 5.41) is 54.2. The van der Waals surface area contributed by atoms with Gasteiger partial charge in [0, 0.05) is 44.6 Å². The number of aliphatic hydroxyl groups excluding tert-OH is 4. The molecule has 0 bridgehead atoms. The van der Waals surface area contributed by atoms with Crippen molar-refractivity contribution in [3.05, 3.63) is 36.0 Å². The summed E-state index contributed by atoms with van der Waals surface area (Å²) in [6.07, 6.45) is 6.94. The van der Waals surface area contributed by atoms with Gasteiger partial charge >= 0.3 is 5.97 Å². The summed E-state index contributed by atoms with van der Waals surface area (Å²) < 4.78 is 69.8. The highest BCUT2D eigenvalue weighted by atomic mass is 16.6. The van der Waals surface area contributed by atoms with Gasteiger partial charge in [-0.2, -0.15) is 0 Å². The summed E-state index contributed by atoms with van der Waals surface area (Å²) in [7, 11) is 0. The Balaban J connectivity index is 0.787. The van der Waals surface area contributed by atoms with Crippen LogP contribution in [0, 0.1) is 23.7 Å². The van der Waals surface area contributed by atoms with Crippen molar-refractivity contribution < 1.29 is 77.7 Å². The van der Waals surface area contributed by atoms with E-state index in [4.69, 9.17) is 47.4 Å². The molecule has 3 unspecified atom stereocenters. The fraction of sp³-hybridized carbons (Fsp3) is 0.881. The molecule has 0 radical (unpaired) electrons. The molecule has 9 saturated heterocycles. The molecule has 75 heavy (non-hydrogen) atoms. The van der Waals surface area contributed by atoms with E-state index < -0.39 is 71.1 Å². The Morgan fingerprint density at radius 2 is 1.51 bits per heavy atom. The number of rotatable bonds is 11. The van der Waals surface area contributed by atoms with Crippen LogP contribution >= 0.6 is 0 Å². The van der Waals surface area contributed by atoms with Crippen LogP contribution in [-0.4, -0.2) is 176 Å². The molecule has 0 spiro atoms. The molecule has 10 rings (SSSR count). The summed E-state index contributed by atoms with van der Waals surface area (Å²) in [4.78, 5) is 11.4. The smallest absolute Gasteiger partial charge is 0.303 e. The Hall–Kier alpha value is -1.87. The molecule has 0 aromatic carbocycles. The summed E-state index contributed by atoms with van der Waals surface area (Å²) in [5.41, 5.74) is -0.952. The number of ether oxygens (including phenoxy) is 10. The Kier molecular flexibility index (Phi) is 16.5. The van der Waals surface area contributed by atoms with Gasteiger partial charge in [0.1, 0.15) is 17.8 Å². The van der Waals surface area contributed by atoms with Crippen LogP contribution in [0.3, 0.4) is 0 Å². The lowest BCUT2D eigenvalue weighted by molar-refractivity contribution is -0.369. The average Bonchev–Trinajstić information content (AvgIpc) is 3.59. The topological polar surface area (TPSA) is 211 Å². The molecule has 9 fully saturated rings. The van der Waals surface area contributed by atoms with Crippen molar-refractivity contribution in [1.82, 2.24) is 0 Å². The number of carboxylic acids is 1. The van der Waals surface area contributed by atoms with Crippen molar-refractivity contribution in [1.29, 1.82) is 0 Å². The average molecular weight is 1060 g/mol. The minimum Gasteiger partial charge on any atom is -0.481 e. The molecule has 10 heterocycles. The predicted molar refractivity (Wildman–Crippen MR) is 276 cm³/mol. The quantitative estimate of drug-likeness (QED) is 0.134. The van der Waals surface area contributed by atoms with E-state index in [2.05, 4.69) is 66.3 Å². The van der Waals surface area contributed by atoms with Crippen molar-refractivity contribution in [2.24, 2.45) is 23.7 Å². The summed E-state index contributed by atoms with van der Waals surface area (Å²) >= 11 is 0. The molecular weight excluding hydrogens is 965 g/mol. The number of hydrogen-bond donors (Lipinski definition) is 5. The monoisotopic (exact) mass is 1060 g/mol. The van der Waals surface area contributed by atoms with Gasteiger partial charge in [-0.05, 0) is 116 Å². The Morgan fingerprint density at radius 3 is 2.27 bits per heavy atom. The maximum Gasteiger partial charge on any atom is 0.303 e. The van der Waals surface area contributed by atoms with Gasteiger partial charge in [-0.25, -0.2) is 0 Å². The van der Waals surface area contributed by atoms with E-state index >= 15 is 0 Å². The molecule has 424 valence electrons. The van der Waals surface area contributed by atoms with E-state index in [-0.39, 0.29) is 116 Å². The van der Waals surface area contributed by atoms with Gasteiger partial charge in [-0.15, -0.1) is 0 Å². The number of carboxylic acid groups (broad SMARTS) is 1. The second kappa shape index (κ2) is 21.9. The maximum absolute atomic E-state index is 12.4. The third-order valence-electron chi connectivity index (χ3n) is 19.8. The molecule has 0 saturated carbocycles. The molecule has 10 aliphatic rings. The van der Waals surface area contributed by atoms with Crippen molar-refractivity contribution in [2.75, 3.05) is 6.61 Å². The molecule has 0 aromatic heterocycles. The number of carbonyl (C=O) groups is 1. The fourth-order valence-electron chi connectivity index (χ4n) is 15.8. The van der Waals surface area contributed by atoms with E-state index in [0.29, 0.717) is 77.0 Å². The maximum atomic E-state index is 12.4. The van der Waals surface area contributed by atoms with Crippen molar-refractivity contribution in [3.8, 4) is 0 Å². The first kappa shape index (κ1) is 56.4. The lowest BCUT2D eigenvalue weighted by atomic mass is 9.72. The first-order valence-corrected chi connectivity index (χ1v) is 29.0. The second-order valence-electron chi connectivity index (χ2n) is 26.3. The van der Waals surface area contributed by atoms with Crippen molar-refractivity contribution >= 4 is 5.97 Å². The van der Waals surface area contributed by atoms with Gasteiger partial charge < -0.3 is 72.9 Å². The minimum atomic E-state index is -1.05. The SMILES string of the molecule is C=C1C[C@H]2O[C@@H]3[C@@H](C[C@]2(C)O[C@@H]1C/C(C)=C/C(C)CO)O[C@H]1C[C@H]2O[C@H]4CC[C@H]5O[C@H]6C[C@H]7O[C@@H](CC(O)C[C@H]8C[C@H](C)[C@H](C(C)CC(=O)O)O8)[C@@H](O)CC[C@@H]7O[C@]6(C)C[C@]5(C)O[C@@H]4C/C=C\[C@H](C)[C@@H]2O[C@]1(C)[C@H]3O. The van der Waals surface area contributed by atoms with E-state index in [9.17, 15) is 30.3 Å². The molecule has 0 aromatic rings. The third kappa shape index (κ3) is 11.3. The van der Waals surface area contributed by atoms with Gasteiger partial charge in [0.15, 0.2) is 0 Å². The normalized spacial score (nSPS) is 51.6. The zero-order chi connectivity index (χ0) is 53.5. The summed E-state index contributed by atoms with van der Waals surface area (Å²) in [6, 6.07) is 0.